The van der Waals surface area contributed by atoms with Gasteiger partial charge in [0.05, 0.1) is 10.6 Å². The molecule has 0 unspecified atom stereocenters. The molecule has 1 aliphatic rings. The van der Waals surface area contributed by atoms with Crippen molar-refractivity contribution in [1.29, 1.82) is 0 Å². The number of hydrogen-bond donors (Lipinski definition) is 1. The summed E-state index contributed by atoms with van der Waals surface area (Å²) in [6.07, 6.45) is 1.66. The lowest BCUT2D eigenvalue weighted by Crippen LogP contribution is -2.35. The van der Waals surface area contributed by atoms with Crippen molar-refractivity contribution in [2.45, 2.75) is 31.6 Å². The third-order valence-corrected chi connectivity index (χ3v) is 7.27. The predicted octanol–water partition coefficient (Wildman–Crippen LogP) is 4.46. The monoisotopic (exact) mass is 450 g/mol. The molecule has 4 rings (SSSR count). The van der Waals surface area contributed by atoms with Crippen LogP contribution in [0.1, 0.15) is 23.1 Å². The van der Waals surface area contributed by atoms with Crippen molar-refractivity contribution in [3.8, 4) is 5.75 Å². The molecule has 1 amide bonds. The Morgan fingerprint density at radius 3 is 2.62 bits per heavy atom. The summed E-state index contributed by atoms with van der Waals surface area (Å²) in [5.41, 5.74) is 4.19. The van der Waals surface area contributed by atoms with E-state index >= 15 is 0 Å². The molecule has 0 spiro atoms. The minimum Gasteiger partial charge on any atom is -0.483 e. The lowest BCUT2D eigenvalue weighted by atomic mass is 10.0. The van der Waals surface area contributed by atoms with Crippen LogP contribution in [0.4, 0.5) is 11.4 Å². The summed E-state index contributed by atoms with van der Waals surface area (Å²) in [7, 11) is -3.69. The maximum Gasteiger partial charge on any atom is 0.264 e. The van der Waals surface area contributed by atoms with Gasteiger partial charge in [0.15, 0.2) is 6.61 Å². The Kier molecular flexibility index (Phi) is 6.19. The molecule has 0 aliphatic carbocycles. The molecule has 1 aliphatic heterocycles. The second-order valence-electron chi connectivity index (χ2n) is 7.94. The van der Waals surface area contributed by atoms with Crippen LogP contribution in [0, 0.1) is 13.8 Å². The highest BCUT2D eigenvalue weighted by atomic mass is 32.2. The van der Waals surface area contributed by atoms with Crippen molar-refractivity contribution >= 4 is 27.3 Å². The fourth-order valence-electron chi connectivity index (χ4n) is 3.88. The van der Waals surface area contributed by atoms with Crippen molar-refractivity contribution < 1.29 is 17.9 Å². The van der Waals surface area contributed by atoms with Crippen LogP contribution in [-0.2, 0) is 21.2 Å². The highest BCUT2D eigenvalue weighted by molar-refractivity contribution is 7.92. The number of sulfonamides is 1. The van der Waals surface area contributed by atoms with Crippen molar-refractivity contribution in [1.82, 2.24) is 0 Å². The molecule has 0 saturated heterocycles. The zero-order chi connectivity index (χ0) is 22.7. The number of rotatable bonds is 6. The maximum absolute atomic E-state index is 13.3. The SMILES string of the molecule is Cc1cccc(NC(=O)COc2ccc(S(=O)(=O)N3CCCc4ccccc43)cc2C)c1. The number of nitrogens with zero attached hydrogens (tertiary/aromatic N) is 1. The number of amides is 1. The Bertz CT molecular complexity index is 1250. The predicted molar refractivity (Wildman–Crippen MR) is 126 cm³/mol. The molecular formula is C25H26N2O4S. The van der Waals surface area contributed by atoms with Crippen molar-refractivity contribution in [2.24, 2.45) is 0 Å². The highest BCUT2D eigenvalue weighted by Gasteiger charge is 2.29. The van der Waals surface area contributed by atoms with Crippen molar-refractivity contribution in [2.75, 3.05) is 22.8 Å². The number of carbonyl (C=O) groups is 1. The first-order chi connectivity index (χ1) is 15.3. The first-order valence-electron chi connectivity index (χ1n) is 10.6. The summed E-state index contributed by atoms with van der Waals surface area (Å²) in [5, 5.41) is 2.79. The third-order valence-electron chi connectivity index (χ3n) is 5.46. The number of benzene rings is 3. The number of aryl methyl sites for hydroxylation is 3. The van der Waals surface area contributed by atoms with E-state index in [-0.39, 0.29) is 17.4 Å². The topological polar surface area (TPSA) is 75.7 Å². The molecule has 7 heteroatoms. The first-order valence-corrected chi connectivity index (χ1v) is 12.0. The molecule has 0 saturated carbocycles. The average Bonchev–Trinajstić information content (AvgIpc) is 2.77. The Balaban J connectivity index is 1.47. The average molecular weight is 451 g/mol. The third kappa shape index (κ3) is 4.62. The summed E-state index contributed by atoms with van der Waals surface area (Å²) >= 11 is 0. The molecule has 3 aromatic carbocycles. The van der Waals surface area contributed by atoms with Crippen LogP contribution < -0.4 is 14.4 Å². The van der Waals surface area contributed by atoms with Crippen LogP contribution in [0.15, 0.2) is 71.6 Å². The molecule has 0 aromatic heterocycles. The summed E-state index contributed by atoms with van der Waals surface area (Å²) < 4.78 is 33.8. The second kappa shape index (κ2) is 9.04. The summed E-state index contributed by atoms with van der Waals surface area (Å²) in [6.45, 7) is 4.01. The lowest BCUT2D eigenvalue weighted by molar-refractivity contribution is -0.118. The van der Waals surface area contributed by atoms with Gasteiger partial charge in [0.2, 0.25) is 0 Å². The van der Waals surface area contributed by atoms with Gasteiger partial charge in [0, 0.05) is 12.2 Å². The van der Waals surface area contributed by atoms with Crippen LogP contribution in [0.25, 0.3) is 0 Å². The van der Waals surface area contributed by atoms with Crippen LogP contribution in [-0.4, -0.2) is 27.5 Å². The minimum atomic E-state index is -3.69. The van der Waals surface area contributed by atoms with Gasteiger partial charge in [-0.05, 0) is 79.8 Å². The molecule has 0 radical (unpaired) electrons. The zero-order valence-corrected chi connectivity index (χ0v) is 19.0. The fraction of sp³-hybridized carbons (Fsp3) is 0.240. The number of anilines is 2. The number of hydrogen-bond acceptors (Lipinski definition) is 4. The summed E-state index contributed by atoms with van der Waals surface area (Å²) in [5.74, 6) is 0.194. The van der Waals surface area contributed by atoms with Crippen molar-refractivity contribution in [3.05, 3.63) is 83.4 Å². The van der Waals surface area contributed by atoms with Gasteiger partial charge < -0.3 is 10.1 Å². The molecule has 6 nitrogen and oxygen atoms in total. The second-order valence-corrected chi connectivity index (χ2v) is 9.81. The molecule has 0 atom stereocenters. The fourth-order valence-corrected chi connectivity index (χ4v) is 5.51. The standard InChI is InChI=1S/C25H26N2O4S/c1-18-7-5-10-21(15-18)26-25(28)17-31-24-13-12-22(16-19(24)2)32(29,30)27-14-6-9-20-8-3-4-11-23(20)27/h3-5,7-8,10-13,15-16H,6,9,14,17H2,1-2H3,(H,26,28). The van der Waals surface area contributed by atoms with Gasteiger partial charge in [-0.3, -0.25) is 9.10 Å². The molecule has 1 N–H and O–H groups in total. The van der Waals surface area contributed by atoms with Gasteiger partial charge in [-0.15, -0.1) is 0 Å². The van der Waals surface area contributed by atoms with E-state index in [4.69, 9.17) is 4.74 Å². The molecule has 3 aromatic rings. The Morgan fingerprint density at radius 1 is 1.03 bits per heavy atom. The van der Waals surface area contributed by atoms with Crippen LogP contribution >= 0.6 is 0 Å². The van der Waals surface area contributed by atoms with Crippen LogP contribution in [0.2, 0.25) is 0 Å². The largest absolute Gasteiger partial charge is 0.483 e. The van der Waals surface area contributed by atoms with Crippen LogP contribution in [0.5, 0.6) is 5.75 Å². The van der Waals surface area contributed by atoms with E-state index in [1.165, 1.54) is 10.4 Å². The van der Waals surface area contributed by atoms with Gasteiger partial charge in [-0.25, -0.2) is 8.42 Å². The van der Waals surface area contributed by atoms with E-state index in [9.17, 15) is 13.2 Å². The molecular weight excluding hydrogens is 424 g/mol. The Morgan fingerprint density at radius 2 is 1.84 bits per heavy atom. The lowest BCUT2D eigenvalue weighted by Gasteiger charge is -2.30. The molecule has 166 valence electrons. The molecule has 0 bridgehead atoms. The number of ether oxygens (including phenoxy) is 1. The number of para-hydroxylation sites is 1. The van der Waals surface area contributed by atoms with E-state index in [0.717, 1.165) is 29.7 Å². The van der Waals surface area contributed by atoms with E-state index in [2.05, 4.69) is 5.32 Å². The minimum absolute atomic E-state index is 0.166. The summed E-state index contributed by atoms with van der Waals surface area (Å²) in [4.78, 5) is 12.4. The van der Waals surface area contributed by atoms with E-state index in [0.29, 0.717) is 23.5 Å². The normalized spacial score (nSPS) is 13.4. The van der Waals surface area contributed by atoms with Gasteiger partial charge in [0.25, 0.3) is 15.9 Å². The van der Waals surface area contributed by atoms with Gasteiger partial charge in [-0.2, -0.15) is 0 Å². The van der Waals surface area contributed by atoms with E-state index < -0.39 is 10.0 Å². The number of carbonyl (C=O) groups excluding carboxylic acids is 1. The quantitative estimate of drug-likeness (QED) is 0.602. The molecule has 0 fully saturated rings. The molecule has 1 heterocycles. The zero-order valence-electron chi connectivity index (χ0n) is 18.2. The van der Waals surface area contributed by atoms with Gasteiger partial charge >= 0.3 is 0 Å². The Labute approximate surface area is 188 Å². The number of fused-ring (bicyclic) bond motifs is 1. The van der Waals surface area contributed by atoms with Gasteiger partial charge in [0.1, 0.15) is 5.75 Å². The maximum atomic E-state index is 13.3. The Hall–Kier alpha value is -3.32. The van der Waals surface area contributed by atoms with E-state index in [1.807, 2.05) is 55.5 Å². The molecule has 32 heavy (non-hydrogen) atoms. The van der Waals surface area contributed by atoms with Crippen LogP contribution in [0.3, 0.4) is 0 Å². The smallest absolute Gasteiger partial charge is 0.264 e. The van der Waals surface area contributed by atoms with E-state index in [1.54, 1.807) is 19.1 Å². The van der Waals surface area contributed by atoms with Gasteiger partial charge in [-0.1, -0.05) is 30.3 Å². The summed E-state index contributed by atoms with van der Waals surface area (Å²) in [6, 6.07) is 19.9. The first kappa shape index (κ1) is 21.9. The highest BCUT2D eigenvalue weighted by Crippen LogP contribution is 2.33. The number of nitrogens with one attached hydrogen (secondary N) is 1. The van der Waals surface area contributed by atoms with Crippen molar-refractivity contribution in [3.63, 3.8) is 0 Å².